The van der Waals surface area contributed by atoms with E-state index in [4.69, 9.17) is 9.72 Å². The molecule has 164 valence electrons. The van der Waals surface area contributed by atoms with E-state index in [1.165, 1.54) is 16.3 Å². The van der Waals surface area contributed by atoms with E-state index in [1.54, 1.807) is 0 Å². The van der Waals surface area contributed by atoms with Gasteiger partial charge in [0, 0.05) is 25.4 Å². The van der Waals surface area contributed by atoms with Crippen LogP contribution in [0.2, 0.25) is 0 Å². The molecule has 3 aromatic carbocycles. The fourth-order valence-electron chi connectivity index (χ4n) is 4.57. The number of nitrogens with zero attached hydrogens (tertiary/aromatic N) is 2. The number of carbonyl (C=O) groups excluding carboxylic acids is 1. The first-order valence-corrected chi connectivity index (χ1v) is 11.5. The average Bonchev–Trinajstić information content (AvgIpc) is 3.25. The maximum Gasteiger partial charge on any atom is 0.222 e. The summed E-state index contributed by atoms with van der Waals surface area (Å²) < 4.78 is 5.88. The minimum atomic E-state index is 0.228. The van der Waals surface area contributed by atoms with Crippen molar-refractivity contribution in [2.45, 2.75) is 38.5 Å². The highest BCUT2D eigenvalue weighted by Gasteiger charge is 2.25. The number of aromatic nitrogens is 2. The maximum atomic E-state index is 12.7. The lowest BCUT2D eigenvalue weighted by Gasteiger charge is -2.31. The number of imidazole rings is 1. The number of piperidine rings is 1. The summed E-state index contributed by atoms with van der Waals surface area (Å²) in [5.74, 6) is 2.54. The van der Waals surface area contributed by atoms with Gasteiger partial charge < -0.3 is 14.6 Å². The summed E-state index contributed by atoms with van der Waals surface area (Å²) in [5, 5.41) is 2.37. The molecule has 1 aromatic heterocycles. The smallest absolute Gasteiger partial charge is 0.222 e. The lowest BCUT2D eigenvalue weighted by molar-refractivity contribution is -0.132. The van der Waals surface area contributed by atoms with Crippen LogP contribution in [0.4, 0.5) is 0 Å². The molecule has 0 radical (unpaired) electrons. The van der Waals surface area contributed by atoms with Gasteiger partial charge in [0.2, 0.25) is 5.91 Å². The van der Waals surface area contributed by atoms with Crippen LogP contribution in [0.25, 0.3) is 21.8 Å². The third-order valence-electron chi connectivity index (χ3n) is 6.41. The number of benzene rings is 3. The van der Waals surface area contributed by atoms with Crippen molar-refractivity contribution in [3.05, 3.63) is 72.1 Å². The molecule has 0 spiro atoms. The number of likely N-dealkylation sites (tertiary alicyclic amines) is 1. The Morgan fingerprint density at radius 3 is 2.72 bits per heavy atom. The number of H-pyrrole nitrogens is 1. The largest absolute Gasteiger partial charge is 0.494 e. The molecule has 1 amide bonds. The molecule has 1 saturated heterocycles. The lowest BCUT2D eigenvalue weighted by atomic mass is 9.96. The van der Waals surface area contributed by atoms with E-state index in [0.29, 0.717) is 18.9 Å². The van der Waals surface area contributed by atoms with Crippen molar-refractivity contribution in [3.8, 4) is 5.75 Å². The van der Waals surface area contributed by atoms with Gasteiger partial charge in [-0.3, -0.25) is 4.79 Å². The van der Waals surface area contributed by atoms with Crippen molar-refractivity contribution in [2.75, 3.05) is 19.7 Å². The number of amides is 1. The highest BCUT2D eigenvalue weighted by molar-refractivity contribution is 5.83. The Bertz CT molecular complexity index is 1240. The van der Waals surface area contributed by atoms with Crippen LogP contribution in [0.1, 0.15) is 43.0 Å². The number of hydrogen-bond donors (Lipinski definition) is 1. The zero-order valence-electron chi connectivity index (χ0n) is 18.5. The van der Waals surface area contributed by atoms with E-state index in [-0.39, 0.29) is 5.91 Å². The number of aromatic amines is 1. The molecular weight excluding hydrogens is 398 g/mol. The Morgan fingerprint density at radius 1 is 1.06 bits per heavy atom. The number of rotatable bonds is 6. The summed E-state index contributed by atoms with van der Waals surface area (Å²) in [6, 6.07) is 20.7. The zero-order chi connectivity index (χ0) is 21.9. The maximum absolute atomic E-state index is 12.7. The van der Waals surface area contributed by atoms with Gasteiger partial charge in [0.25, 0.3) is 0 Å². The van der Waals surface area contributed by atoms with E-state index in [9.17, 15) is 4.79 Å². The Balaban J connectivity index is 1.08. The third-order valence-corrected chi connectivity index (χ3v) is 6.41. The number of nitrogens with one attached hydrogen (secondary N) is 1. The highest BCUT2D eigenvalue weighted by Crippen LogP contribution is 2.28. The molecule has 1 N–H and O–H groups in total. The molecule has 4 aromatic rings. The predicted octanol–water partition coefficient (Wildman–Crippen LogP) is 5.59. The zero-order valence-corrected chi connectivity index (χ0v) is 18.5. The highest BCUT2D eigenvalue weighted by atomic mass is 16.5. The molecule has 1 aliphatic heterocycles. The van der Waals surface area contributed by atoms with Crippen LogP contribution in [-0.4, -0.2) is 40.5 Å². The van der Waals surface area contributed by atoms with Crippen molar-refractivity contribution in [1.82, 2.24) is 14.9 Å². The standard InChI is InChI=1S/C27H29N3O2/c1-19-8-11-24-25(17-19)29-27(28-24)21-12-14-30(15-13-21)26(31)7-4-16-32-23-10-9-20-5-2-3-6-22(20)18-23/h2-3,5-6,8-11,17-18,21H,4,7,12-16H2,1H3,(H,28,29). The Labute approximate surface area is 188 Å². The van der Waals surface area contributed by atoms with Crippen LogP contribution in [0.5, 0.6) is 5.75 Å². The van der Waals surface area contributed by atoms with Crippen molar-refractivity contribution >= 4 is 27.7 Å². The first kappa shape index (κ1) is 20.6. The molecule has 2 heterocycles. The van der Waals surface area contributed by atoms with Gasteiger partial charge in [-0.15, -0.1) is 0 Å². The molecule has 0 aliphatic carbocycles. The molecule has 0 bridgehead atoms. The van der Waals surface area contributed by atoms with E-state index >= 15 is 0 Å². The predicted molar refractivity (Wildman–Crippen MR) is 128 cm³/mol. The number of ether oxygens (including phenoxy) is 1. The molecule has 0 saturated carbocycles. The SMILES string of the molecule is Cc1ccc2nc(C3CCN(C(=O)CCCOc4ccc5ccccc5c4)CC3)[nH]c2c1. The molecule has 1 aliphatic rings. The average molecular weight is 428 g/mol. The molecule has 5 nitrogen and oxygen atoms in total. The first-order valence-electron chi connectivity index (χ1n) is 11.5. The summed E-state index contributed by atoms with van der Waals surface area (Å²) in [6.45, 7) is 4.24. The Kier molecular flexibility index (Phi) is 5.80. The second kappa shape index (κ2) is 9.03. The number of fused-ring (bicyclic) bond motifs is 2. The summed E-state index contributed by atoms with van der Waals surface area (Å²) >= 11 is 0. The van der Waals surface area contributed by atoms with Gasteiger partial charge >= 0.3 is 0 Å². The molecular formula is C27H29N3O2. The topological polar surface area (TPSA) is 58.2 Å². The fourth-order valence-corrected chi connectivity index (χ4v) is 4.57. The van der Waals surface area contributed by atoms with Crippen LogP contribution in [-0.2, 0) is 4.79 Å². The second-order valence-electron chi connectivity index (χ2n) is 8.76. The number of aryl methyl sites for hydroxylation is 1. The van der Waals surface area contributed by atoms with Crippen molar-refractivity contribution in [3.63, 3.8) is 0 Å². The minimum Gasteiger partial charge on any atom is -0.494 e. The van der Waals surface area contributed by atoms with E-state index in [1.807, 2.05) is 23.1 Å². The lowest BCUT2D eigenvalue weighted by Crippen LogP contribution is -2.38. The van der Waals surface area contributed by atoms with Gasteiger partial charge in [0.1, 0.15) is 11.6 Å². The molecule has 1 fully saturated rings. The molecule has 32 heavy (non-hydrogen) atoms. The van der Waals surface area contributed by atoms with Gasteiger partial charge in [0.05, 0.1) is 17.6 Å². The van der Waals surface area contributed by atoms with Gasteiger partial charge in [-0.25, -0.2) is 4.98 Å². The van der Waals surface area contributed by atoms with E-state index < -0.39 is 0 Å². The van der Waals surface area contributed by atoms with Crippen LogP contribution >= 0.6 is 0 Å². The summed E-state index contributed by atoms with van der Waals surface area (Å²) in [6.07, 6.45) is 3.17. The van der Waals surface area contributed by atoms with Crippen molar-refractivity contribution in [1.29, 1.82) is 0 Å². The van der Waals surface area contributed by atoms with Gasteiger partial charge in [-0.2, -0.15) is 0 Å². The van der Waals surface area contributed by atoms with Gasteiger partial charge in [-0.05, 0) is 66.8 Å². The van der Waals surface area contributed by atoms with Crippen molar-refractivity contribution < 1.29 is 9.53 Å². The minimum absolute atomic E-state index is 0.228. The van der Waals surface area contributed by atoms with Crippen LogP contribution in [0.15, 0.2) is 60.7 Å². The summed E-state index contributed by atoms with van der Waals surface area (Å²) in [7, 11) is 0. The molecule has 0 unspecified atom stereocenters. The number of hydrogen-bond acceptors (Lipinski definition) is 3. The summed E-state index contributed by atoms with van der Waals surface area (Å²) in [4.78, 5) is 22.9. The van der Waals surface area contributed by atoms with Crippen molar-refractivity contribution in [2.24, 2.45) is 0 Å². The van der Waals surface area contributed by atoms with E-state index in [2.05, 4.69) is 54.4 Å². The van der Waals surface area contributed by atoms with Crippen LogP contribution in [0, 0.1) is 6.92 Å². The molecule has 5 rings (SSSR count). The normalized spacial score (nSPS) is 14.8. The summed E-state index contributed by atoms with van der Waals surface area (Å²) in [5.41, 5.74) is 3.36. The number of carbonyl (C=O) groups is 1. The van der Waals surface area contributed by atoms with Gasteiger partial charge in [0.15, 0.2) is 0 Å². The first-order chi connectivity index (χ1) is 15.7. The Hall–Kier alpha value is -3.34. The van der Waals surface area contributed by atoms with Gasteiger partial charge in [-0.1, -0.05) is 36.4 Å². The fraction of sp³-hybridized carbons (Fsp3) is 0.333. The third kappa shape index (κ3) is 4.47. The van der Waals surface area contributed by atoms with Crippen LogP contribution in [0.3, 0.4) is 0 Å². The quantitative estimate of drug-likeness (QED) is 0.408. The molecule has 0 atom stereocenters. The monoisotopic (exact) mass is 427 g/mol. The Morgan fingerprint density at radius 2 is 1.88 bits per heavy atom. The van der Waals surface area contributed by atoms with E-state index in [0.717, 1.165) is 55.0 Å². The second-order valence-corrected chi connectivity index (χ2v) is 8.76. The molecule has 5 heteroatoms. The van der Waals surface area contributed by atoms with Crippen LogP contribution < -0.4 is 4.74 Å².